The second kappa shape index (κ2) is 7.31. The topological polar surface area (TPSA) is 68.3 Å². The lowest BCUT2D eigenvalue weighted by atomic mass is 10.1. The van der Waals surface area contributed by atoms with Gasteiger partial charge in [-0.15, -0.1) is 0 Å². The van der Waals surface area contributed by atoms with Crippen molar-refractivity contribution in [3.63, 3.8) is 0 Å². The van der Waals surface area contributed by atoms with Crippen molar-refractivity contribution in [2.24, 2.45) is 5.73 Å². The molecule has 0 aliphatic heterocycles. The monoisotopic (exact) mass is 270 g/mol. The molecule has 0 aromatic heterocycles. The highest BCUT2D eigenvalue weighted by atomic mass is 16.5. The van der Waals surface area contributed by atoms with E-state index in [0.717, 1.165) is 16.9 Å². The van der Waals surface area contributed by atoms with Gasteiger partial charge >= 0.3 is 0 Å². The number of nitrogen functional groups attached to an aromatic ring is 1. The number of nitrogens with one attached hydrogen (secondary N) is 1. The van der Waals surface area contributed by atoms with Gasteiger partial charge in [-0.1, -0.05) is 42.5 Å². The van der Waals surface area contributed by atoms with E-state index in [9.17, 15) is 0 Å². The van der Waals surface area contributed by atoms with E-state index >= 15 is 0 Å². The van der Waals surface area contributed by atoms with E-state index in [-0.39, 0.29) is 5.84 Å². The molecule has 2 aromatic carbocycles. The summed E-state index contributed by atoms with van der Waals surface area (Å²) in [7, 11) is 0. The molecule has 0 amide bonds. The van der Waals surface area contributed by atoms with Crippen LogP contribution in [0, 0.1) is 5.41 Å². The van der Waals surface area contributed by atoms with Crippen molar-refractivity contribution in [1.29, 1.82) is 5.41 Å². The molecule has 0 saturated carbocycles. The number of ether oxygens (including phenoxy) is 2. The van der Waals surface area contributed by atoms with Gasteiger partial charge in [-0.3, -0.25) is 5.41 Å². The molecule has 0 fully saturated rings. The van der Waals surface area contributed by atoms with E-state index < -0.39 is 0 Å². The van der Waals surface area contributed by atoms with Crippen LogP contribution >= 0.6 is 0 Å². The summed E-state index contributed by atoms with van der Waals surface area (Å²) in [4.78, 5) is 0. The minimum Gasteiger partial charge on any atom is -0.491 e. The van der Waals surface area contributed by atoms with Crippen LogP contribution in [0.3, 0.4) is 0 Å². The van der Waals surface area contributed by atoms with Crippen molar-refractivity contribution in [3.05, 3.63) is 65.7 Å². The molecule has 2 aromatic rings. The zero-order chi connectivity index (χ0) is 14.2. The third-order valence-electron chi connectivity index (χ3n) is 2.80. The number of nitrogens with two attached hydrogens (primary N) is 1. The Morgan fingerprint density at radius 1 is 0.950 bits per heavy atom. The highest BCUT2D eigenvalue weighted by molar-refractivity contribution is 5.96. The normalized spacial score (nSPS) is 10.2. The van der Waals surface area contributed by atoms with Gasteiger partial charge in [-0.2, -0.15) is 0 Å². The van der Waals surface area contributed by atoms with Crippen molar-refractivity contribution in [1.82, 2.24) is 0 Å². The van der Waals surface area contributed by atoms with E-state index in [1.54, 1.807) is 0 Å². The minimum absolute atomic E-state index is 0.0599. The summed E-state index contributed by atoms with van der Waals surface area (Å²) < 4.78 is 11.1. The summed E-state index contributed by atoms with van der Waals surface area (Å²) in [5, 5.41) is 7.50. The number of rotatable bonds is 7. The molecular formula is C16H18N2O2. The predicted molar refractivity (Wildman–Crippen MR) is 79.1 cm³/mol. The Morgan fingerprint density at radius 3 is 2.40 bits per heavy atom. The van der Waals surface area contributed by atoms with Crippen LogP contribution in [0.25, 0.3) is 0 Å². The minimum atomic E-state index is 0.0599. The van der Waals surface area contributed by atoms with Gasteiger partial charge in [0.15, 0.2) is 0 Å². The quantitative estimate of drug-likeness (QED) is 0.461. The summed E-state index contributed by atoms with van der Waals surface area (Å²) in [6.07, 6.45) is 0. The van der Waals surface area contributed by atoms with Gasteiger partial charge in [0.1, 0.15) is 18.2 Å². The molecule has 104 valence electrons. The Hall–Kier alpha value is -2.33. The predicted octanol–water partition coefficient (Wildman–Crippen LogP) is 2.57. The molecule has 0 atom stereocenters. The molecule has 3 N–H and O–H groups in total. The maximum absolute atomic E-state index is 7.50. The molecule has 4 heteroatoms. The van der Waals surface area contributed by atoms with Crippen LogP contribution in [-0.2, 0) is 11.3 Å². The zero-order valence-electron chi connectivity index (χ0n) is 11.2. The van der Waals surface area contributed by atoms with Crippen LogP contribution in [0.4, 0.5) is 0 Å². The second-order valence-electron chi connectivity index (χ2n) is 4.28. The highest BCUT2D eigenvalue weighted by Gasteiger charge is 2.04. The summed E-state index contributed by atoms with van der Waals surface area (Å²) in [5.74, 6) is 0.893. The Labute approximate surface area is 118 Å². The maximum Gasteiger partial charge on any atom is 0.123 e. The Morgan fingerprint density at radius 2 is 1.65 bits per heavy atom. The number of amidine groups is 1. The molecule has 4 nitrogen and oxygen atoms in total. The largest absolute Gasteiger partial charge is 0.491 e. The van der Waals surface area contributed by atoms with Crippen molar-refractivity contribution in [3.8, 4) is 5.75 Å². The third kappa shape index (κ3) is 4.10. The number of hydrogen-bond donors (Lipinski definition) is 2. The fraction of sp³-hybridized carbons (Fsp3) is 0.188. The maximum atomic E-state index is 7.50. The molecular weight excluding hydrogens is 252 g/mol. The standard InChI is InChI=1S/C16H18N2O2/c17-16(18)15-9-5-4-6-13(15)12-19-10-11-20-14-7-2-1-3-8-14/h1-9H,10-12H2,(H3,17,18). The SMILES string of the molecule is N=C(N)c1ccccc1COCCOc1ccccc1. The second-order valence-corrected chi connectivity index (χ2v) is 4.28. The molecule has 0 aliphatic carbocycles. The molecule has 0 saturated heterocycles. The average molecular weight is 270 g/mol. The molecule has 20 heavy (non-hydrogen) atoms. The summed E-state index contributed by atoms with van der Waals surface area (Å²) in [6, 6.07) is 17.1. The van der Waals surface area contributed by atoms with Gasteiger partial charge in [0.25, 0.3) is 0 Å². The van der Waals surface area contributed by atoms with Crippen molar-refractivity contribution in [2.75, 3.05) is 13.2 Å². The van der Waals surface area contributed by atoms with Gasteiger partial charge < -0.3 is 15.2 Å². The molecule has 2 rings (SSSR count). The first-order valence-corrected chi connectivity index (χ1v) is 6.45. The van der Waals surface area contributed by atoms with Crippen LogP contribution in [0.15, 0.2) is 54.6 Å². The van der Waals surface area contributed by atoms with Gasteiger partial charge in [0, 0.05) is 5.56 Å². The highest BCUT2D eigenvalue weighted by Crippen LogP contribution is 2.10. The summed E-state index contributed by atoms with van der Waals surface area (Å²) >= 11 is 0. The van der Waals surface area contributed by atoms with Crippen molar-refractivity contribution >= 4 is 5.84 Å². The molecule has 0 aliphatic rings. The van der Waals surface area contributed by atoms with E-state index in [1.165, 1.54) is 0 Å². The summed E-state index contributed by atoms with van der Waals surface area (Å²) in [6.45, 7) is 1.40. The van der Waals surface area contributed by atoms with E-state index in [0.29, 0.717) is 19.8 Å². The summed E-state index contributed by atoms with van der Waals surface area (Å²) in [5.41, 5.74) is 7.16. The Kier molecular flexibility index (Phi) is 5.15. The first-order valence-electron chi connectivity index (χ1n) is 6.45. The number of para-hydroxylation sites is 1. The van der Waals surface area contributed by atoms with Gasteiger partial charge in [-0.25, -0.2) is 0 Å². The lowest BCUT2D eigenvalue weighted by Gasteiger charge is -2.09. The lowest BCUT2D eigenvalue weighted by molar-refractivity contribution is 0.0888. The Bertz CT molecular complexity index is 555. The number of benzene rings is 2. The van der Waals surface area contributed by atoms with Crippen molar-refractivity contribution in [2.45, 2.75) is 6.61 Å². The first-order chi connectivity index (χ1) is 9.77. The number of hydrogen-bond acceptors (Lipinski definition) is 3. The first kappa shape index (κ1) is 14.1. The van der Waals surface area contributed by atoms with E-state index in [4.69, 9.17) is 20.6 Å². The fourth-order valence-electron chi connectivity index (χ4n) is 1.83. The Balaban J connectivity index is 1.75. The van der Waals surface area contributed by atoms with Gasteiger partial charge in [0.2, 0.25) is 0 Å². The van der Waals surface area contributed by atoms with Crippen LogP contribution in [0.1, 0.15) is 11.1 Å². The molecule has 0 heterocycles. The third-order valence-corrected chi connectivity index (χ3v) is 2.80. The lowest BCUT2D eigenvalue weighted by Crippen LogP contribution is -2.15. The van der Waals surface area contributed by atoms with Crippen LogP contribution < -0.4 is 10.5 Å². The van der Waals surface area contributed by atoms with Crippen LogP contribution in [-0.4, -0.2) is 19.0 Å². The zero-order valence-corrected chi connectivity index (χ0v) is 11.2. The smallest absolute Gasteiger partial charge is 0.123 e. The van der Waals surface area contributed by atoms with Gasteiger partial charge in [0.05, 0.1) is 13.2 Å². The average Bonchev–Trinajstić information content (AvgIpc) is 2.48. The molecule has 0 spiro atoms. The molecule has 0 bridgehead atoms. The van der Waals surface area contributed by atoms with E-state index in [1.807, 2.05) is 54.6 Å². The van der Waals surface area contributed by atoms with Gasteiger partial charge in [-0.05, 0) is 17.7 Å². The van der Waals surface area contributed by atoms with Crippen molar-refractivity contribution < 1.29 is 9.47 Å². The molecule has 0 radical (unpaired) electrons. The van der Waals surface area contributed by atoms with E-state index in [2.05, 4.69) is 0 Å². The fourth-order valence-corrected chi connectivity index (χ4v) is 1.83. The van der Waals surface area contributed by atoms with Crippen LogP contribution in [0.2, 0.25) is 0 Å². The van der Waals surface area contributed by atoms with Crippen LogP contribution in [0.5, 0.6) is 5.75 Å². The molecule has 0 unspecified atom stereocenters.